The quantitative estimate of drug-likeness (QED) is 0.208. The third-order valence-electron chi connectivity index (χ3n) is 8.90. The van der Waals surface area contributed by atoms with Gasteiger partial charge in [-0.3, -0.25) is 9.58 Å². The summed E-state index contributed by atoms with van der Waals surface area (Å²) < 4.78 is 43.8. The van der Waals surface area contributed by atoms with Crippen molar-refractivity contribution in [2.24, 2.45) is 5.41 Å². The number of ether oxygens (including phenoxy) is 2. The number of nitrogens with zero attached hydrogens (tertiary/aromatic N) is 4. The number of pyridine rings is 1. The van der Waals surface area contributed by atoms with Crippen LogP contribution in [0.5, 0.6) is 5.75 Å². The van der Waals surface area contributed by atoms with E-state index in [1.807, 2.05) is 18.4 Å². The lowest BCUT2D eigenvalue weighted by atomic mass is 9.34. The number of aldehydes is 1. The number of carbonyl (C=O) groups is 2. The van der Waals surface area contributed by atoms with Crippen molar-refractivity contribution in [3.63, 3.8) is 0 Å². The Morgan fingerprint density at radius 3 is 2.71 bits per heavy atom. The molecule has 1 atom stereocenters. The van der Waals surface area contributed by atoms with Crippen LogP contribution in [0.15, 0.2) is 29.6 Å². The second-order valence-corrected chi connectivity index (χ2v) is 12.6. The number of halogens is 2. The maximum absolute atomic E-state index is 15.9. The molecule has 1 aliphatic heterocycles. The predicted octanol–water partition coefficient (Wildman–Crippen LogP) is 5.63. The molecule has 0 radical (unpaired) electrons. The first-order valence-electron chi connectivity index (χ1n) is 13.7. The van der Waals surface area contributed by atoms with Gasteiger partial charge >= 0.3 is 6.09 Å². The van der Waals surface area contributed by atoms with E-state index in [0.717, 1.165) is 34.2 Å². The summed E-state index contributed by atoms with van der Waals surface area (Å²) in [4.78, 5) is 30.1. The number of aromatic nitrogens is 3. The highest BCUT2D eigenvalue weighted by Crippen LogP contribution is 2.73. The summed E-state index contributed by atoms with van der Waals surface area (Å²) in [5.74, 6) is -1.55. The number of benzene rings is 1. The number of carboxylic acid groups (broad SMARTS) is 1. The summed E-state index contributed by atoms with van der Waals surface area (Å²) in [6, 6.07) is 5.45. The smallest absolute Gasteiger partial charge is 0.407 e. The van der Waals surface area contributed by atoms with E-state index in [9.17, 15) is 19.1 Å². The van der Waals surface area contributed by atoms with Crippen molar-refractivity contribution in [3.05, 3.63) is 52.7 Å². The van der Waals surface area contributed by atoms with Crippen molar-refractivity contribution >= 4 is 33.8 Å². The third-order valence-corrected chi connectivity index (χ3v) is 9.83. The number of amides is 1. The van der Waals surface area contributed by atoms with Gasteiger partial charge in [-0.25, -0.2) is 18.6 Å². The molecule has 1 aromatic carbocycles. The molecule has 8 rings (SSSR count). The summed E-state index contributed by atoms with van der Waals surface area (Å²) in [6.45, 7) is 2.63. The van der Waals surface area contributed by atoms with Gasteiger partial charge in [0.1, 0.15) is 41.7 Å². The van der Waals surface area contributed by atoms with E-state index in [0.29, 0.717) is 48.5 Å². The van der Waals surface area contributed by atoms with Crippen LogP contribution in [0.1, 0.15) is 37.6 Å². The van der Waals surface area contributed by atoms with E-state index in [-0.39, 0.29) is 47.9 Å². The fourth-order valence-corrected chi connectivity index (χ4v) is 7.97. The number of carbonyl (C=O) groups excluding carboxylic acids is 1. The van der Waals surface area contributed by atoms with Crippen molar-refractivity contribution in [2.75, 3.05) is 20.3 Å². The zero-order chi connectivity index (χ0) is 29.4. The average Bonchev–Trinajstić information content (AvgIpc) is 3.54. The molecular formula is C30H28F2N4O5S. The Morgan fingerprint density at radius 2 is 2.00 bits per heavy atom. The Morgan fingerprint density at radius 1 is 1.21 bits per heavy atom. The zero-order valence-electron chi connectivity index (χ0n) is 23.0. The van der Waals surface area contributed by atoms with Gasteiger partial charge in [-0.05, 0) is 43.7 Å². The molecule has 2 bridgehead atoms. The van der Waals surface area contributed by atoms with Gasteiger partial charge in [-0.15, -0.1) is 11.3 Å². The fourth-order valence-electron chi connectivity index (χ4n) is 7.02. The van der Waals surface area contributed by atoms with Crippen molar-refractivity contribution in [3.8, 4) is 28.3 Å². The van der Waals surface area contributed by atoms with Crippen LogP contribution in [-0.2, 0) is 28.0 Å². The molecule has 3 aliphatic carbocycles. The summed E-state index contributed by atoms with van der Waals surface area (Å²) in [7, 11) is 1.51. The minimum atomic E-state index is -1.02. The van der Waals surface area contributed by atoms with E-state index in [1.165, 1.54) is 23.3 Å². The van der Waals surface area contributed by atoms with Crippen LogP contribution in [0, 0.1) is 17.0 Å². The summed E-state index contributed by atoms with van der Waals surface area (Å²) in [6.07, 6.45) is 2.16. The summed E-state index contributed by atoms with van der Waals surface area (Å²) in [5, 5.41) is 17.3. The van der Waals surface area contributed by atoms with Crippen molar-refractivity contribution in [1.29, 1.82) is 0 Å². The van der Waals surface area contributed by atoms with Gasteiger partial charge in [0, 0.05) is 45.7 Å². The van der Waals surface area contributed by atoms with Gasteiger partial charge in [0.05, 0.1) is 42.7 Å². The molecule has 42 heavy (non-hydrogen) atoms. The molecule has 12 heteroatoms. The fraction of sp³-hybridized carbons (Fsp3) is 0.400. The molecule has 1 N–H and O–H groups in total. The lowest BCUT2D eigenvalue weighted by molar-refractivity contribution is -0.160. The molecule has 0 saturated heterocycles. The summed E-state index contributed by atoms with van der Waals surface area (Å²) in [5.41, 5.74) is 2.36. The van der Waals surface area contributed by atoms with Crippen molar-refractivity contribution in [1.82, 2.24) is 19.7 Å². The standard InChI is InChI=1S/C30H28F2N4O5S/c1-16-10-36-18(11-35(16)28(38)39)9-21(34-36)25-24(23-20(32)7-17(31)8-22(23)41-5-4-40-2)26-19(3-6-42-26)27(33-25)30-12-29(13-30,14-30)15-37/h3,6-9,15-16H,4-5,10-14H2,1-2H3,(H,38,39)/t16-,29?,30?/m1/s1. The van der Waals surface area contributed by atoms with Crippen LogP contribution in [0.3, 0.4) is 0 Å². The van der Waals surface area contributed by atoms with Crippen LogP contribution in [-0.4, -0.2) is 63.5 Å². The first-order valence-corrected chi connectivity index (χ1v) is 14.6. The number of hydrogen-bond acceptors (Lipinski definition) is 7. The minimum Gasteiger partial charge on any atom is -0.490 e. The molecule has 3 saturated carbocycles. The van der Waals surface area contributed by atoms with Crippen LogP contribution in [0.4, 0.5) is 13.6 Å². The van der Waals surface area contributed by atoms with Crippen LogP contribution >= 0.6 is 11.3 Å². The van der Waals surface area contributed by atoms with Gasteiger partial charge in [-0.1, -0.05) is 0 Å². The molecule has 4 aromatic rings. The van der Waals surface area contributed by atoms with Crippen molar-refractivity contribution in [2.45, 2.75) is 50.7 Å². The Hall–Kier alpha value is -3.90. The number of rotatable bonds is 8. The van der Waals surface area contributed by atoms with Gasteiger partial charge in [0.15, 0.2) is 0 Å². The monoisotopic (exact) mass is 594 g/mol. The second-order valence-electron chi connectivity index (χ2n) is 11.7. The van der Waals surface area contributed by atoms with E-state index in [2.05, 4.69) is 0 Å². The maximum atomic E-state index is 15.9. The largest absolute Gasteiger partial charge is 0.490 e. The van der Waals surface area contributed by atoms with E-state index >= 15 is 4.39 Å². The SMILES string of the molecule is COCCOc1cc(F)cc(F)c1-c1c(-c2cc3n(n2)C[C@@H](C)N(C(=O)O)C3)nc(C23CC(C=O)(C2)C3)c2ccsc12. The van der Waals surface area contributed by atoms with Crippen LogP contribution in [0.2, 0.25) is 0 Å². The maximum Gasteiger partial charge on any atom is 0.407 e. The number of hydrogen-bond donors (Lipinski definition) is 1. The van der Waals surface area contributed by atoms with E-state index in [4.69, 9.17) is 19.6 Å². The molecule has 0 spiro atoms. The lowest BCUT2D eigenvalue weighted by Gasteiger charge is -2.68. The van der Waals surface area contributed by atoms with Gasteiger partial charge in [-0.2, -0.15) is 5.10 Å². The highest BCUT2D eigenvalue weighted by atomic mass is 32.1. The average molecular weight is 595 g/mol. The Balaban J connectivity index is 1.46. The first kappa shape index (κ1) is 27.0. The molecule has 218 valence electrons. The van der Waals surface area contributed by atoms with E-state index < -0.39 is 17.7 Å². The molecule has 0 unspecified atom stereocenters. The molecule has 4 heterocycles. The topological polar surface area (TPSA) is 107 Å². The lowest BCUT2D eigenvalue weighted by Crippen LogP contribution is -2.65. The van der Waals surface area contributed by atoms with Crippen LogP contribution < -0.4 is 4.74 Å². The Bertz CT molecular complexity index is 1750. The highest BCUT2D eigenvalue weighted by molar-refractivity contribution is 7.17. The molecule has 3 fully saturated rings. The molecule has 1 amide bonds. The number of fused-ring (bicyclic) bond motifs is 2. The Kier molecular flexibility index (Phi) is 6.14. The zero-order valence-corrected chi connectivity index (χ0v) is 23.8. The predicted molar refractivity (Wildman–Crippen MR) is 151 cm³/mol. The van der Waals surface area contributed by atoms with E-state index in [1.54, 1.807) is 10.7 Å². The minimum absolute atomic E-state index is 0.0233. The third kappa shape index (κ3) is 3.95. The summed E-state index contributed by atoms with van der Waals surface area (Å²) >= 11 is 1.42. The molecule has 4 aliphatic rings. The van der Waals surface area contributed by atoms with Gasteiger partial charge in [0.2, 0.25) is 0 Å². The highest BCUT2D eigenvalue weighted by Gasteiger charge is 2.69. The normalized spacial score (nSPS) is 24.2. The second kappa shape index (κ2) is 9.56. The van der Waals surface area contributed by atoms with Crippen LogP contribution in [0.25, 0.3) is 32.6 Å². The van der Waals surface area contributed by atoms with Gasteiger partial charge in [0.25, 0.3) is 0 Å². The van der Waals surface area contributed by atoms with Crippen molar-refractivity contribution < 1.29 is 33.0 Å². The molecule has 3 aromatic heterocycles. The number of methoxy groups -OCH3 is 1. The Labute approximate surface area is 243 Å². The van der Waals surface area contributed by atoms with Gasteiger partial charge < -0.3 is 19.4 Å². The molecular weight excluding hydrogens is 566 g/mol. The number of thiophene rings is 1. The molecule has 9 nitrogen and oxygen atoms in total. The first-order chi connectivity index (χ1) is 20.2.